The fourth-order valence-electron chi connectivity index (χ4n) is 3.05. The third kappa shape index (κ3) is 7.64. The molecule has 0 saturated carbocycles. The minimum absolute atomic E-state index is 0.120. The maximum absolute atomic E-state index is 5.73. The summed E-state index contributed by atoms with van der Waals surface area (Å²) in [5, 5.41) is 0. The van der Waals surface area contributed by atoms with Crippen LogP contribution in [-0.4, -0.2) is 27.3 Å². The van der Waals surface area contributed by atoms with Crippen LogP contribution in [0, 0.1) is 0 Å². The SMILES string of the molecule is CCOc1cc(N(C)C)ccc1C(C)(C)C.CCOc1ccccc1C(C)(C)C. The number of ether oxygens (including phenoxy) is 2. The van der Waals surface area contributed by atoms with E-state index >= 15 is 0 Å². The lowest BCUT2D eigenvalue weighted by atomic mass is 9.86. The Morgan fingerprint density at radius 3 is 1.66 bits per heavy atom. The van der Waals surface area contributed by atoms with Gasteiger partial charge in [-0.2, -0.15) is 0 Å². The summed E-state index contributed by atoms with van der Waals surface area (Å²) in [7, 11) is 4.09. The molecule has 0 spiro atoms. The number of hydrogen-bond donors (Lipinski definition) is 0. The van der Waals surface area contributed by atoms with Crippen LogP contribution in [0.2, 0.25) is 0 Å². The minimum Gasteiger partial charge on any atom is -0.494 e. The molecule has 2 aromatic carbocycles. The van der Waals surface area contributed by atoms with Crippen LogP contribution in [0.1, 0.15) is 66.5 Å². The molecule has 2 rings (SSSR count). The number of nitrogens with zero attached hydrogens (tertiary/aromatic N) is 1. The average Bonchev–Trinajstić information content (AvgIpc) is 2.61. The van der Waals surface area contributed by atoms with Crippen LogP contribution in [0.4, 0.5) is 5.69 Å². The predicted molar refractivity (Wildman–Crippen MR) is 127 cm³/mol. The molecular formula is C26H41NO2. The zero-order valence-electron chi connectivity index (χ0n) is 20.2. The highest BCUT2D eigenvalue weighted by Crippen LogP contribution is 2.34. The molecular weight excluding hydrogens is 358 g/mol. The van der Waals surface area contributed by atoms with Gasteiger partial charge in [0.2, 0.25) is 0 Å². The first kappa shape index (κ1) is 24.9. The van der Waals surface area contributed by atoms with E-state index < -0.39 is 0 Å². The van der Waals surface area contributed by atoms with Crippen molar-refractivity contribution < 1.29 is 9.47 Å². The van der Waals surface area contributed by atoms with Gasteiger partial charge in [0, 0.05) is 25.8 Å². The fourth-order valence-corrected chi connectivity index (χ4v) is 3.05. The number of anilines is 1. The number of benzene rings is 2. The quantitative estimate of drug-likeness (QED) is 0.550. The lowest BCUT2D eigenvalue weighted by Gasteiger charge is -2.24. The van der Waals surface area contributed by atoms with E-state index in [9.17, 15) is 0 Å². The van der Waals surface area contributed by atoms with Crippen molar-refractivity contribution in [3.05, 3.63) is 53.6 Å². The van der Waals surface area contributed by atoms with Gasteiger partial charge < -0.3 is 14.4 Å². The first-order valence-electron chi connectivity index (χ1n) is 10.6. The molecule has 0 aliphatic carbocycles. The van der Waals surface area contributed by atoms with Crippen molar-refractivity contribution >= 4 is 5.69 Å². The van der Waals surface area contributed by atoms with E-state index in [0.29, 0.717) is 6.61 Å². The summed E-state index contributed by atoms with van der Waals surface area (Å²) in [6.45, 7) is 18.7. The second kappa shape index (κ2) is 10.6. The molecule has 0 aliphatic heterocycles. The van der Waals surface area contributed by atoms with Crippen molar-refractivity contribution in [3.63, 3.8) is 0 Å². The molecule has 3 nitrogen and oxygen atoms in total. The van der Waals surface area contributed by atoms with E-state index in [1.165, 1.54) is 16.8 Å². The largest absolute Gasteiger partial charge is 0.494 e. The fraction of sp³-hybridized carbons (Fsp3) is 0.538. The number of hydrogen-bond acceptors (Lipinski definition) is 3. The lowest BCUT2D eigenvalue weighted by Crippen LogP contribution is -2.15. The monoisotopic (exact) mass is 399 g/mol. The normalized spacial score (nSPS) is 11.4. The molecule has 0 aliphatic rings. The maximum Gasteiger partial charge on any atom is 0.125 e. The Morgan fingerprint density at radius 2 is 1.17 bits per heavy atom. The molecule has 0 atom stereocenters. The second-order valence-electron chi connectivity index (χ2n) is 9.44. The van der Waals surface area contributed by atoms with Crippen molar-refractivity contribution in [2.24, 2.45) is 0 Å². The molecule has 0 bridgehead atoms. The van der Waals surface area contributed by atoms with Crippen molar-refractivity contribution in [1.29, 1.82) is 0 Å². The summed E-state index contributed by atoms with van der Waals surface area (Å²) in [6, 6.07) is 14.7. The highest BCUT2D eigenvalue weighted by atomic mass is 16.5. The van der Waals surface area contributed by atoms with E-state index in [-0.39, 0.29) is 10.8 Å². The van der Waals surface area contributed by atoms with Crippen LogP contribution in [-0.2, 0) is 10.8 Å². The Balaban J connectivity index is 0.000000296. The smallest absolute Gasteiger partial charge is 0.125 e. The summed E-state index contributed by atoms with van der Waals surface area (Å²) in [5.74, 6) is 2.01. The molecule has 0 saturated heterocycles. The van der Waals surface area contributed by atoms with Crippen molar-refractivity contribution in [2.75, 3.05) is 32.2 Å². The summed E-state index contributed by atoms with van der Waals surface area (Å²) >= 11 is 0. The van der Waals surface area contributed by atoms with Crippen LogP contribution in [0.15, 0.2) is 42.5 Å². The third-order valence-electron chi connectivity index (χ3n) is 4.58. The molecule has 3 heteroatoms. The van der Waals surface area contributed by atoms with Gasteiger partial charge in [-0.25, -0.2) is 0 Å². The molecule has 0 heterocycles. The molecule has 0 unspecified atom stereocenters. The molecule has 2 aromatic rings. The number of para-hydroxylation sites is 1. The van der Waals surface area contributed by atoms with Gasteiger partial charge >= 0.3 is 0 Å². The Bertz CT molecular complexity index is 752. The highest BCUT2D eigenvalue weighted by Gasteiger charge is 2.19. The van der Waals surface area contributed by atoms with Gasteiger partial charge in [0.05, 0.1) is 13.2 Å². The summed E-state index contributed by atoms with van der Waals surface area (Å²) in [6.07, 6.45) is 0. The van der Waals surface area contributed by atoms with Crippen molar-refractivity contribution in [3.8, 4) is 11.5 Å². The maximum atomic E-state index is 5.73. The zero-order chi connectivity index (χ0) is 22.2. The molecule has 0 amide bonds. The predicted octanol–water partition coefficient (Wildman–Crippen LogP) is 6.83. The van der Waals surface area contributed by atoms with Crippen LogP contribution in [0.25, 0.3) is 0 Å². The number of rotatable bonds is 5. The Morgan fingerprint density at radius 1 is 0.690 bits per heavy atom. The topological polar surface area (TPSA) is 21.7 Å². The molecule has 29 heavy (non-hydrogen) atoms. The minimum atomic E-state index is 0.120. The Labute approximate surface area is 179 Å². The van der Waals surface area contributed by atoms with E-state index in [1.54, 1.807) is 0 Å². The van der Waals surface area contributed by atoms with Gasteiger partial charge in [-0.15, -0.1) is 0 Å². The van der Waals surface area contributed by atoms with Gasteiger partial charge in [-0.3, -0.25) is 0 Å². The Kier molecular flexibility index (Phi) is 9.07. The Hall–Kier alpha value is -2.16. The van der Waals surface area contributed by atoms with Gasteiger partial charge in [0.1, 0.15) is 11.5 Å². The van der Waals surface area contributed by atoms with Gasteiger partial charge in [-0.05, 0) is 47.9 Å². The van der Waals surface area contributed by atoms with Crippen LogP contribution >= 0.6 is 0 Å². The van der Waals surface area contributed by atoms with Crippen LogP contribution in [0.5, 0.6) is 11.5 Å². The highest BCUT2D eigenvalue weighted by molar-refractivity contribution is 5.54. The van der Waals surface area contributed by atoms with Crippen molar-refractivity contribution in [1.82, 2.24) is 0 Å². The van der Waals surface area contributed by atoms with E-state index in [4.69, 9.17) is 9.47 Å². The molecule has 0 N–H and O–H groups in total. The van der Waals surface area contributed by atoms with Crippen LogP contribution < -0.4 is 14.4 Å². The van der Waals surface area contributed by atoms with Gasteiger partial charge in [0.15, 0.2) is 0 Å². The van der Waals surface area contributed by atoms with E-state index in [2.05, 4.69) is 76.8 Å². The standard InChI is InChI=1S/C14H23NO.C12H18O/c1-7-16-13-10-11(15(5)6)8-9-12(13)14(2,3)4;1-5-13-11-9-7-6-8-10(11)12(2,3)4/h8-10H,7H2,1-6H3;6-9H,5H2,1-4H3. The first-order chi connectivity index (χ1) is 13.4. The lowest BCUT2D eigenvalue weighted by molar-refractivity contribution is 0.329. The van der Waals surface area contributed by atoms with Crippen LogP contribution in [0.3, 0.4) is 0 Å². The van der Waals surface area contributed by atoms with E-state index in [1.807, 2.05) is 40.1 Å². The molecule has 0 radical (unpaired) electrons. The second-order valence-corrected chi connectivity index (χ2v) is 9.44. The summed E-state index contributed by atoms with van der Waals surface area (Å²) in [4.78, 5) is 2.09. The molecule has 0 aromatic heterocycles. The van der Waals surface area contributed by atoms with Crippen molar-refractivity contribution in [2.45, 2.75) is 66.2 Å². The van der Waals surface area contributed by atoms with E-state index in [0.717, 1.165) is 18.1 Å². The zero-order valence-corrected chi connectivity index (χ0v) is 20.2. The summed E-state index contributed by atoms with van der Waals surface area (Å²) in [5.41, 5.74) is 3.99. The first-order valence-corrected chi connectivity index (χ1v) is 10.6. The van der Waals surface area contributed by atoms with Gasteiger partial charge in [0.25, 0.3) is 0 Å². The average molecular weight is 400 g/mol. The summed E-state index contributed by atoms with van der Waals surface area (Å²) < 4.78 is 11.3. The van der Waals surface area contributed by atoms with Gasteiger partial charge in [-0.1, -0.05) is 65.8 Å². The third-order valence-corrected chi connectivity index (χ3v) is 4.58. The molecule has 162 valence electrons. The molecule has 0 fully saturated rings.